The lowest BCUT2D eigenvalue weighted by Gasteiger charge is -2.15. The Balaban J connectivity index is 1.72. The number of halogens is 4. The van der Waals surface area contributed by atoms with Gasteiger partial charge >= 0.3 is 5.57 Å². The molecule has 10 heteroatoms. The van der Waals surface area contributed by atoms with Gasteiger partial charge in [-0.25, -0.2) is 9.97 Å². The lowest BCUT2D eigenvalue weighted by Crippen LogP contribution is -2.16. The Morgan fingerprint density at radius 2 is 1.82 bits per heavy atom. The zero-order chi connectivity index (χ0) is 23.8. The van der Waals surface area contributed by atoms with Crippen LogP contribution in [0.2, 0.25) is 5.02 Å². The molecule has 0 aliphatic carbocycles. The number of rotatable bonds is 6. The second-order valence-corrected chi connectivity index (χ2v) is 8.40. The first-order valence-corrected chi connectivity index (χ1v) is 10.6. The highest BCUT2D eigenvalue weighted by molar-refractivity contribution is 6.36. The largest absolute Gasteiger partial charge is 0.487 e. The number of carbonyl (C=O) groups is 1. The van der Waals surface area contributed by atoms with Crippen LogP contribution in [0.3, 0.4) is 0 Å². The minimum absolute atomic E-state index is 0.129. The molecule has 0 spiro atoms. The van der Waals surface area contributed by atoms with Gasteiger partial charge in [-0.2, -0.15) is 0 Å². The molecule has 0 aliphatic heterocycles. The number of amides is 1. The van der Waals surface area contributed by atoms with Gasteiger partial charge in [-0.3, -0.25) is 4.79 Å². The highest BCUT2D eigenvalue weighted by Gasteiger charge is 2.27. The number of nitrogens with one attached hydrogen (secondary N) is 1. The maximum Gasteiger partial charge on any atom is 0.487 e. The van der Waals surface area contributed by atoms with Crippen molar-refractivity contribution in [1.82, 2.24) is 14.5 Å². The maximum absolute atomic E-state index is 13.0. The van der Waals surface area contributed by atoms with E-state index in [-0.39, 0.29) is 11.8 Å². The molecule has 2 aromatic carbocycles. The van der Waals surface area contributed by atoms with Crippen molar-refractivity contribution in [2.45, 2.75) is 25.5 Å². The first kappa shape index (κ1) is 22.9. The molecule has 2 aromatic heterocycles. The highest BCUT2D eigenvalue weighted by atomic mass is 35.5. The topological polar surface area (TPSA) is 69.0 Å². The summed E-state index contributed by atoms with van der Waals surface area (Å²) >= 11 is 11.3. The van der Waals surface area contributed by atoms with Crippen LogP contribution in [0.1, 0.15) is 30.2 Å². The molecule has 0 saturated carbocycles. The van der Waals surface area contributed by atoms with Gasteiger partial charge in [0, 0.05) is 64.0 Å². The van der Waals surface area contributed by atoms with E-state index >= 15 is 0 Å². The van der Waals surface area contributed by atoms with Crippen LogP contribution in [-0.4, -0.2) is 26.0 Å². The molecule has 1 amide bonds. The molecule has 2 heterocycles. The zero-order valence-corrected chi connectivity index (χ0v) is 19.0. The van der Waals surface area contributed by atoms with E-state index in [1.54, 1.807) is 24.5 Å². The summed E-state index contributed by atoms with van der Waals surface area (Å²) < 4.78 is 31.9. The molecule has 0 radical (unpaired) electrons. The SMILES string of the molecule is CC(C)n1cc(Cl)c2cc(C(=O)Nc3ccc(OC(F)(F)Cl)cc3)cc(-c3cncnc3)c21. The number of fused-ring (bicyclic) bond motifs is 1. The van der Waals surface area contributed by atoms with Crippen molar-refractivity contribution in [3.8, 4) is 16.9 Å². The number of anilines is 1. The normalized spacial score (nSPS) is 11.7. The van der Waals surface area contributed by atoms with E-state index in [0.717, 1.165) is 16.6 Å². The summed E-state index contributed by atoms with van der Waals surface area (Å²) in [5, 5.41) is 3.97. The summed E-state index contributed by atoms with van der Waals surface area (Å²) in [6, 6.07) is 9.01. The van der Waals surface area contributed by atoms with Crippen molar-refractivity contribution in [2.75, 3.05) is 5.32 Å². The number of carbonyl (C=O) groups excluding carboxylic acids is 1. The monoisotopic (exact) mass is 490 g/mol. The first-order valence-electron chi connectivity index (χ1n) is 9.89. The van der Waals surface area contributed by atoms with E-state index < -0.39 is 11.5 Å². The summed E-state index contributed by atoms with van der Waals surface area (Å²) in [5.41, 5.74) is -0.712. The lowest BCUT2D eigenvalue weighted by atomic mass is 10.0. The average Bonchev–Trinajstić information content (AvgIpc) is 3.11. The third-order valence-electron chi connectivity index (χ3n) is 4.91. The van der Waals surface area contributed by atoms with Crippen molar-refractivity contribution < 1.29 is 18.3 Å². The summed E-state index contributed by atoms with van der Waals surface area (Å²) in [5.74, 6) is -0.540. The third kappa shape index (κ3) is 5.07. The van der Waals surface area contributed by atoms with Crippen LogP contribution < -0.4 is 10.1 Å². The minimum Gasteiger partial charge on any atom is -0.420 e. The number of nitrogens with zero attached hydrogens (tertiary/aromatic N) is 3. The first-order chi connectivity index (χ1) is 15.6. The highest BCUT2D eigenvalue weighted by Crippen LogP contribution is 2.37. The van der Waals surface area contributed by atoms with E-state index in [1.807, 2.05) is 24.6 Å². The van der Waals surface area contributed by atoms with Gasteiger partial charge in [0.2, 0.25) is 0 Å². The molecule has 1 N–H and O–H groups in total. The quantitative estimate of drug-likeness (QED) is 0.303. The summed E-state index contributed by atoms with van der Waals surface area (Å²) in [6.07, 6.45) is 6.59. The Kier molecular flexibility index (Phi) is 6.23. The molecule has 0 saturated heterocycles. The number of hydrogen-bond acceptors (Lipinski definition) is 4. The minimum atomic E-state index is -3.82. The van der Waals surface area contributed by atoms with E-state index in [1.165, 1.54) is 30.6 Å². The predicted octanol–water partition coefficient (Wildman–Crippen LogP) is 6.75. The molecule has 4 aromatic rings. The molecule has 0 unspecified atom stereocenters. The van der Waals surface area contributed by atoms with Crippen LogP contribution in [0.4, 0.5) is 14.5 Å². The van der Waals surface area contributed by atoms with Crippen LogP contribution in [0, 0.1) is 0 Å². The fourth-order valence-corrected chi connectivity index (χ4v) is 3.83. The van der Waals surface area contributed by atoms with Gasteiger partial charge in [-0.15, -0.1) is 8.78 Å². The molecule has 0 atom stereocenters. The lowest BCUT2D eigenvalue weighted by molar-refractivity contribution is -0.0964. The second kappa shape index (κ2) is 8.96. The Morgan fingerprint density at radius 3 is 2.42 bits per heavy atom. The number of ether oxygens (including phenoxy) is 1. The number of hydrogen-bond donors (Lipinski definition) is 1. The van der Waals surface area contributed by atoms with Crippen molar-refractivity contribution in [3.63, 3.8) is 0 Å². The smallest absolute Gasteiger partial charge is 0.420 e. The zero-order valence-electron chi connectivity index (χ0n) is 17.5. The number of aromatic nitrogens is 3. The number of benzene rings is 2. The van der Waals surface area contributed by atoms with Crippen molar-refractivity contribution in [2.24, 2.45) is 0 Å². The molecule has 0 fully saturated rings. The van der Waals surface area contributed by atoms with Gasteiger partial charge < -0.3 is 14.6 Å². The third-order valence-corrected chi connectivity index (χ3v) is 5.29. The molecule has 33 heavy (non-hydrogen) atoms. The molecule has 170 valence electrons. The van der Waals surface area contributed by atoms with Crippen LogP contribution in [0.15, 0.2) is 61.3 Å². The van der Waals surface area contributed by atoms with E-state index in [4.69, 9.17) is 23.2 Å². The summed E-state index contributed by atoms with van der Waals surface area (Å²) in [7, 11) is 0. The standard InChI is InChI=1S/C23H18Cl2F2N4O2/c1-13(2)31-11-20(24)19-8-14(7-18(21(19)31)15-9-28-12-29-10-15)22(32)30-16-3-5-17(6-4-16)33-23(25,26)27/h3-13H,1-2H3,(H,30,32). The van der Waals surface area contributed by atoms with Crippen molar-refractivity contribution >= 4 is 45.7 Å². The van der Waals surface area contributed by atoms with E-state index in [2.05, 4.69) is 20.0 Å². The average molecular weight is 491 g/mol. The Labute approximate surface area is 198 Å². The van der Waals surface area contributed by atoms with Crippen molar-refractivity contribution in [3.05, 3.63) is 71.9 Å². The predicted molar refractivity (Wildman–Crippen MR) is 124 cm³/mol. The Hall–Kier alpha value is -3.23. The Morgan fingerprint density at radius 1 is 1.15 bits per heavy atom. The fraction of sp³-hybridized carbons (Fsp3) is 0.174. The van der Waals surface area contributed by atoms with Crippen LogP contribution in [-0.2, 0) is 0 Å². The Bertz CT molecular complexity index is 1300. The van der Waals surface area contributed by atoms with Gasteiger partial charge in [0.05, 0.1) is 10.5 Å². The molecule has 0 aliphatic rings. The van der Waals surface area contributed by atoms with E-state index in [0.29, 0.717) is 21.7 Å². The van der Waals surface area contributed by atoms with Gasteiger partial charge in [-0.05, 0) is 50.2 Å². The maximum atomic E-state index is 13.0. The molecular weight excluding hydrogens is 473 g/mol. The molecule has 4 rings (SSSR count). The van der Waals surface area contributed by atoms with Gasteiger partial charge in [0.1, 0.15) is 12.1 Å². The van der Waals surface area contributed by atoms with Crippen LogP contribution in [0.5, 0.6) is 5.75 Å². The van der Waals surface area contributed by atoms with Crippen LogP contribution >= 0.6 is 23.2 Å². The fourth-order valence-electron chi connectivity index (χ4n) is 3.49. The van der Waals surface area contributed by atoms with Gasteiger partial charge in [0.15, 0.2) is 0 Å². The van der Waals surface area contributed by atoms with Gasteiger partial charge in [-0.1, -0.05) is 11.6 Å². The molecule has 0 bridgehead atoms. The van der Waals surface area contributed by atoms with Crippen molar-refractivity contribution in [1.29, 1.82) is 0 Å². The van der Waals surface area contributed by atoms with E-state index in [9.17, 15) is 13.6 Å². The number of alkyl halides is 3. The second-order valence-electron chi connectivity index (χ2n) is 7.55. The van der Waals surface area contributed by atoms with Gasteiger partial charge in [0.25, 0.3) is 5.91 Å². The molecule has 6 nitrogen and oxygen atoms in total. The summed E-state index contributed by atoms with van der Waals surface area (Å²) in [4.78, 5) is 21.2. The molecular formula is C23H18Cl2F2N4O2. The summed E-state index contributed by atoms with van der Waals surface area (Å²) in [6.45, 7) is 4.07. The van der Waals surface area contributed by atoms with Crippen LogP contribution in [0.25, 0.3) is 22.0 Å².